The van der Waals surface area contributed by atoms with Crippen LogP contribution in [0, 0.1) is 6.92 Å². The minimum Gasteiger partial charge on any atom is -0.452 e. The largest absolute Gasteiger partial charge is 0.452 e. The second-order valence-electron chi connectivity index (χ2n) is 5.67. The van der Waals surface area contributed by atoms with Gasteiger partial charge < -0.3 is 15.4 Å². The van der Waals surface area contributed by atoms with Crippen molar-refractivity contribution in [1.29, 1.82) is 0 Å². The first-order valence-electron chi connectivity index (χ1n) is 8.08. The quantitative estimate of drug-likeness (QED) is 0.655. The summed E-state index contributed by atoms with van der Waals surface area (Å²) in [6, 6.07) is 9.54. The van der Waals surface area contributed by atoms with E-state index in [1.54, 1.807) is 53.9 Å². The molecule has 0 saturated heterocycles. The van der Waals surface area contributed by atoms with Gasteiger partial charge in [0, 0.05) is 24.5 Å². The molecule has 0 aliphatic rings. The first-order valence-corrected chi connectivity index (χ1v) is 8.08. The molecule has 0 bridgehead atoms. The molecule has 0 spiro atoms. The zero-order valence-electron chi connectivity index (χ0n) is 14.7. The molecule has 0 aliphatic heterocycles. The van der Waals surface area contributed by atoms with Crippen molar-refractivity contribution in [2.24, 2.45) is 0 Å². The van der Waals surface area contributed by atoms with E-state index in [0.717, 1.165) is 0 Å². The van der Waals surface area contributed by atoms with Gasteiger partial charge in [-0.05, 0) is 43.3 Å². The molecule has 9 nitrogen and oxygen atoms in total. The summed E-state index contributed by atoms with van der Waals surface area (Å²) in [6.07, 6.45) is 1.56. The Morgan fingerprint density at radius 1 is 1.04 bits per heavy atom. The number of nitrogens with one attached hydrogen (secondary N) is 2. The number of anilines is 1. The molecule has 0 saturated carbocycles. The lowest BCUT2D eigenvalue weighted by molar-refractivity contribution is -0.119. The van der Waals surface area contributed by atoms with Gasteiger partial charge in [-0.15, -0.1) is 10.2 Å². The van der Waals surface area contributed by atoms with E-state index in [9.17, 15) is 14.4 Å². The average Bonchev–Trinajstić information content (AvgIpc) is 3.06. The van der Waals surface area contributed by atoms with Crippen molar-refractivity contribution in [3.8, 4) is 0 Å². The summed E-state index contributed by atoms with van der Waals surface area (Å²) in [6.45, 7) is 1.33. The monoisotopic (exact) mass is 367 g/mol. The number of amides is 2. The van der Waals surface area contributed by atoms with Crippen molar-refractivity contribution in [3.63, 3.8) is 0 Å². The van der Waals surface area contributed by atoms with E-state index in [1.165, 1.54) is 7.05 Å². The van der Waals surface area contributed by atoms with Crippen molar-refractivity contribution in [3.05, 3.63) is 59.5 Å². The van der Waals surface area contributed by atoms with Gasteiger partial charge in [-0.1, -0.05) is 0 Å². The maximum Gasteiger partial charge on any atom is 0.340 e. The Balaban J connectivity index is 1.57. The SMILES string of the molecule is CNC(=O)c1ccc(NC(=O)COC(=O)c2ccc3nnc(C)n3c2)cc1. The average molecular weight is 367 g/mol. The minimum atomic E-state index is -0.630. The number of aryl methyl sites for hydroxylation is 1. The molecule has 0 atom stereocenters. The van der Waals surface area contributed by atoms with Crippen LogP contribution in [0.15, 0.2) is 42.6 Å². The van der Waals surface area contributed by atoms with E-state index < -0.39 is 18.5 Å². The highest BCUT2D eigenvalue weighted by Crippen LogP contribution is 2.10. The number of aromatic nitrogens is 3. The molecule has 2 amide bonds. The molecule has 3 rings (SSSR count). The summed E-state index contributed by atoms with van der Waals surface area (Å²) < 4.78 is 6.69. The van der Waals surface area contributed by atoms with E-state index in [2.05, 4.69) is 20.8 Å². The number of pyridine rings is 1. The number of hydrogen-bond acceptors (Lipinski definition) is 6. The van der Waals surface area contributed by atoms with Crippen LogP contribution >= 0.6 is 0 Å². The van der Waals surface area contributed by atoms with Crippen molar-refractivity contribution in [1.82, 2.24) is 19.9 Å². The van der Waals surface area contributed by atoms with Crippen LogP contribution in [0.4, 0.5) is 5.69 Å². The van der Waals surface area contributed by atoms with Crippen molar-refractivity contribution in [2.45, 2.75) is 6.92 Å². The van der Waals surface area contributed by atoms with Gasteiger partial charge in [-0.3, -0.25) is 14.0 Å². The molecule has 3 aromatic rings. The standard InChI is InChI=1S/C18H17N5O4/c1-11-21-22-15-8-5-13(9-23(11)15)18(26)27-10-16(24)20-14-6-3-12(4-7-14)17(25)19-2/h3-9H,10H2,1-2H3,(H,19,25)(H,20,24). The second kappa shape index (κ2) is 7.65. The fraction of sp³-hybridized carbons (Fsp3) is 0.167. The predicted molar refractivity (Wildman–Crippen MR) is 96.5 cm³/mol. The number of ether oxygens (including phenoxy) is 1. The molecule has 2 N–H and O–H groups in total. The molecular weight excluding hydrogens is 350 g/mol. The van der Waals surface area contributed by atoms with Crippen LogP contribution in [0.2, 0.25) is 0 Å². The van der Waals surface area contributed by atoms with Crippen LogP contribution in [0.3, 0.4) is 0 Å². The van der Waals surface area contributed by atoms with Gasteiger partial charge >= 0.3 is 5.97 Å². The highest BCUT2D eigenvalue weighted by molar-refractivity contribution is 5.97. The van der Waals surface area contributed by atoms with Gasteiger partial charge in [0.1, 0.15) is 5.82 Å². The van der Waals surface area contributed by atoms with Gasteiger partial charge in [0.25, 0.3) is 11.8 Å². The number of benzene rings is 1. The molecule has 0 radical (unpaired) electrons. The summed E-state index contributed by atoms with van der Waals surface area (Å²) in [5.74, 6) is -0.701. The number of carbonyl (C=O) groups excluding carboxylic acids is 3. The number of carbonyl (C=O) groups is 3. The number of rotatable bonds is 5. The highest BCUT2D eigenvalue weighted by atomic mass is 16.5. The number of fused-ring (bicyclic) bond motifs is 1. The molecule has 27 heavy (non-hydrogen) atoms. The van der Waals surface area contributed by atoms with Gasteiger partial charge in [0.05, 0.1) is 5.56 Å². The van der Waals surface area contributed by atoms with Crippen LogP contribution in [-0.4, -0.2) is 46.0 Å². The van der Waals surface area contributed by atoms with Gasteiger partial charge in [-0.25, -0.2) is 4.79 Å². The topological polar surface area (TPSA) is 115 Å². The first-order chi connectivity index (χ1) is 13.0. The number of nitrogens with zero attached hydrogens (tertiary/aromatic N) is 3. The highest BCUT2D eigenvalue weighted by Gasteiger charge is 2.13. The van der Waals surface area contributed by atoms with Crippen LogP contribution in [-0.2, 0) is 9.53 Å². The molecule has 9 heteroatoms. The molecule has 0 aliphatic carbocycles. The third-order valence-electron chi connectivity index (χ3n) is 3.80. The zero-order valence-corrected chi connectivity index (χ0v) is 14.7. The molecular formula is C18H17N5O4. The summed E-state index contributed by atoms with van der Waals surface area (Å²) >= 11 is 0. The fourth-order valence-electron chi connectivity index (χ4n) is 2.39. The molecule has 0 unspecified atom stereocenters. The van der Waals surface area contributed by atoms with Gasteiger partial charge in [0.15, 0.2) is 12.3 Å². The summed E-state index contributed by atoms with van der Waals surface area (Å²) in [5, 5.41) is 12.9. The van der Waals surface area contributed by atoms with E-state index in [4.69, 9.17) is 4.74 Å². The Bertz CT molecular complexity index is 1010. The molecule has 0 fully saturated rings. The van der Waals surface area contributed by atoms with Crippen LogP contribution < -0.4 is 10.6 Å². The van der Waals surface area contributed by atoms with E-state index >= 15 is 0 Å². The van der Waals surface area contributed by atoms with E-state index in [0.29, 0.717) is 22.7 Å². The third kappa shape index (κ3) is 4.09. The summed E-state index contributed by atoms with van der Waals surface area (Å²) in [4.78, 5) is 35.6. The lowest BCUT2D eigenvalue weighted by atomic mass is 10.2. The first kappa shape index (κ1) is 18.1. The minimum absolute atomic E-state index is 0.220. The summed E-state index contributed by atoms with van der Waals surface area (Å²) in [7, 11) is 1.54. The van der Waals surface area contributed by atoms with Crippen LogP contribution in [0.1, 0.15) is 26.5 Å². The Morgan fingerprint density at radius 2 is 1.74 bits per heavy atom. The molecule has 1 aromatic carbocycles. The maximum absolute atomic E-state index is 12.1. The third-order valence-corrected chi connectivity index (χ3v) is 3.80. The lowest BCUT2D eigenvalue weighted by Crippen LogP contribution is -2.21. The van der Waals surface area contributed by atoms with Crippen LogP contribution in [0.25, 0.3) is 5.65 Å². The van der Waals surface area contributed by atoms with Gasteiger partial charge in [0.2, 0.25) is 0 Å². The predicted octanol–water partition coefficient (Wildman–Crippen LogP) is 1.19. The number of hydrogen-bond donors (Lipinski definition) is 2. The van der Waals surface area contributed by atoms with Crippen molar-refractivity contribution < 1.29 is 19.1 Å². The van der Waals surface area contributed by atoms with Crippen molar-refractivity contribution in [2.75, 3.05) is 19.0 Å². The Hall–Kier alpha value is -3.75. The fourth-order valence-corrected chi connectivity index (χ4v) is 2.39. The maximum atomic E-state index is 12.1. The Labute approximate surface area is 154 Å². The molecule has 138 valence electrons. The summed E-state index contributed by atoms with van der Waals surface area (Å²) in [5.41, 5.74) is 1.86. The lowest BCUT2D eigenvalue weighted by Gasteiger charge is -2.08. The van der Waals surface area contributed by atoms with Crippen molar-refractivity contribution >= 4 is 29.1 Å². The second-order valence-corrected chi connectivity index (χ2v) is 5.67. The van der Waals surface area contributed by atoms with E-state index in [1.807, 2.05) is 0 Å². The normalized spacial score (nSPS) is 10.4. The van der Waals surface area contributed by atoms with Gasteiger partial charge in [-0.2, -0.15) is 0 Å². The zero-order chi connectivity index (χ0) is 19.4. The Morgan fingerprint density at radius 3 is 2.44 bits per heavy atom. The Kier molecular flexibility index (Phi) is 5.11. The number of esters is 1. The molecule has 2 heterocycles. The van der Waals surface area contributed by atoms with E-state index in [-0.39, 0.29) is 11.5 Å². The van der Waals surface area contributed by atoms with Crippen LogP contribution in [0.5, 0.6) is 0 Å². The smallest absolute Gasteiger partial charge is 0.340 e. The molecule has 2 aromatic heterocycles.